The van der Waals surface area contributed by atoms with Crippen LogP contribution in [0.5, 0.6) is 0 Å². The third-order valence-electron chi connectivity index (χ3n) is 3.27. The standard InChI is InChI=1S/C17H15N3O3/c21-16(15-7-4-8-18-15)12-23-17(22)9-13-10-19-20(11-13)14-5-2-1-3-6-14/h1-8,10-11,18H,9,12H2. The van der Waals surface area contributed by atoms with Crippen molar-refractivity contribution in [3.8, 4) is 5.69 Å². The van der Waals surface area contributed by atoms with Gasteiger partial charge in [0, 0.05) is 18.0 Å². The van der Waals surface area contributed by atoms with Crippen LogP contribution in [0.3, 0.4) is 0 Å². The number of ether oxygens (including phenoxy) is 1. The molecule has 2 aromatic heterocycles. The zero-order valence-corrected chi connectivity index (χ0v) is 12.3. The van der Waals surface area contributed by atoms with Crippen molar-refractivity contribution in [1.29, 1.82) is 0 Å². The summed E-state index contributed by atoms with van der Waals surface area (Å²) < 4.78 is 6.69. The number of para-hydroxylation sites is 1. The molecule has 116 valence electrons. The van der Waals surface area contributed by atoms with Crippen molar-refractivity contribution in [2.45, 2.75) is 6.42 Å². The van der Waals surface area contributed by atoms with Crippen LogP contribution in [0, 0.1) is 0 Å². The molecule has 0 fully saturated rings. The van der Waals surface area contributed by atoms with Gasteiger partial charge in [0.2, 0.25) is 5.78 Å². The Bertz CT molecular complexity index is 792. The maximum absolute atomic E-state index is 11.8. The molecule has 0 bridgehead atoms. The smallest absolute Gasteiger partial charge is 0.310 e. The minimum Gasteiger partial charge on any atom is -0.457 e. The fourth-order valence-corrected chi connectivity index (χ4v) is 2.12. The van der Waals surface area contributed by atoms with Crippen molar-refractivity contribution in [1.82, 2.24) is 14.8 Å². The average Bonchev–Trinajstić information content (AvgIpc) is 3.25. The highest BCUT2D eigenvalue weighted by Gasteiger charge is 2.12. The van der Waals surface area contributed by atoms with E-state index in [-0.39, 0.29) is 18.8 Å². The Hall–Kier alpha value is -3.15. The number of aromatic nitrogens is 3. The topological polar surface area (TPSA) is 77.0 Å². The molecule has 1 aromatic carbocycles. The van der Waals surface area contributed by atoms with E-state index in [1.54, 1.807) is 35.4 Å². The number of benzene rings is 1. The number of carbonyl (C=O) groups excluding carboxylic acids is 2. The summed E-state index contributed by atoms with van der Waals surface area (Å²) in [5.41, 5.74) is 2.06. The van der Waals surface area contributed by atoms with Gasteiger partial charge in [-0.15, -0.1) is 0 Å². The summed E-state index contributed by atoms with van der Waals surface area (Å²) in [6, 6.07) is 12.9. The van der Waals surface area contributed by atoms with Crippen molar-refractivity contribution in [2.24, 2.45) is 0 Å². The van der Waals surface area contributed by atoms with Crippen molar-refractivity contribution in [3.05, 3.63) is 72.3 Å². The number of ketones is 1. The lowest BCUT2D eigenvalue weighted by Gasteiger charge is -2.02. The molecule has 0 amide bonds. The fraction of sp³-hybridized carbons (Fsp3) is 0.118. The monoisotopic (exact) mass is 309 g/mol. The normalized spacial score (nSPS) is 10.4. The van der Waals surface area contributed by atoms with Crippen molar-refractivity contribution < 1.29 is 14.3 Å². The molecule has 0 aliphatic rings. The lowest BCUT2D eigenvalue weighted by atomic mass is 10.2. The van der Waals surface area contributed by atoms with Crippen LogP contribution in [0.1, 0.15) is 16.1 Å². The van der Waals surface area contributed by atoms with Crippen LogP contribution in [-0.4, -0.2) is 33.1 Å². The molecular formula is C17H15N3O3. The van der Waals surface area contributed by atoms with Crippen LogP contribution >= 0.6 is 0 Å². The molecule has 0 atom stereocenters. The Labute approximate surface area is 132 Å². The van der Waals surface area contributed by atoms with Crippen molar-refractivity contribution in [3.63, 3.8) is 0 Å². The second-order valence-corrected chi connectivity index (χ2v) is 4.97. The largest absolute Gasteiger partial charge is 0.457 e. The first kappa shape index (κ1) is 14.8. The van der Waals surface area contributed by atoms with Gasteiger partial charge in [-0.3, -0.25) is 9.59 Å². The molecule has 0 saturated heterocycles. The first-order valence-electron chi connectivity index (χ1n) is 7.13. The number of carbonyl (C=O) groups is 2. The molecule has 2 heterocycles. The summed E-state index contributed by atoms with van der Waals surface area (Å²) in [6.45, 7) is -0.272. The molecule has 3 aromatic rings. The molecule has 0 unspecified atom stereocenters. The molecule has 6 nitrogen and oxygen atoms in total. The quantitative estimate of drug-likeness (QED) is 0.559. The number of aromatic amines is 1. The second-order valence-electron chi connectivity index (χ2n) is 4.97. The van der Waals surface area contributed by atoms with Gasteiger partial charge in [-0.25, -0.2) is 4.68 Å². The maximum Gasteiger partial charge on any atom is 0.310 e. The zero-order valence-electron chi connectivity index (χ0n) is 12.3. The molecule has 0 aliphatic heterocycles. The first-order valence-corrected chi connectivity index (χ1v) is 7.13. The number of rotatable bonds is 6. The van der Waals surface area contributed by atoms with Crippen LogP contribution in [0.15, 0.2) is 61.1 Å². The van der Waals surface area contributed by atoms with Crippen LogP contribution < -0.4 is 0 Å². The first-order chi connectivity index (χ1) is 11.2. The number of hydrogen-bond acceptors (Lipinski definition) is 4. The number of nitrogens with zero attached hydrogens (tertiary/aromatic N) is 2. The van der Waals surface area contributed by atoms with Crippen LogP contribution in [0.25, 0.3) is 5.69 Å². The van der Waals surface area contributed by atoms with E-state index >= 15 is 0 Å². The van der Waals surface area contributed by atoms with E-state index in [0.717, 1.165) is 11.3 Å². The average molecular weight is 309 g/mol. The molecular weight excluding hydrogens is 294 g/mol. The van der Waals surface area contributed by atoms with Crippen LogP contribution in [0.4, 0.5) is 0 Å². The van der Waals surface area contributed by atoms with Crippen LogP contribution in [-0.2, 0) is 16.0 Å². The zero-order chi connectivity index (χ0) is 16.1. The summed E-state index contributed by atoms with van der Waals surface area (Å²) in [7, 11) is 0. The number of hydrogen-bond donors (Lipinski definition) is 1. The van der Waals surface area contributed by atoms with Gasteiger partial charge in [0.25, 0.3) is 0 Å². The molecule has 0 spiro atoms. The predicted molar refractivity (Wildman–Crippen MR) is 83.4 cm³/mol. The van der Waals surface area contributed by atoms with E-state index in [4.69, 9.17) is 4.74 Å². The van der Waals surface area contributed by atoms with Crippen molar-refractivity contribution >= 4 is 11.8 Å². The second kappa shape index (κ2) is 6.74. The van der Waals surface area contributed by atoms with E-state index in [2.05, 4.69) is 10.1 Å². The van der Waals surface area contributed by atoms with Gasteiger partial charge in [0.15, 0.2) is 6.61 Å². The Morgan fingerprint density at radius 3 is 2.70 bits per heavy atom. The molecule has 23 heavy (non-hydrogen) atoms. The van der Waals surface area contributed by atoms with Gasteiger partial charge in [-0.2, -0.15) is 5.10 Å². The summed E-state index contributed by atoms with van der Waals surface area (Å²) in [6.07, 6.45) is 5.10. The number of Topliss-reactive ketones (excluding diaryl/α,β-unsaturated/α-hetero) is 1. The lowest BCUT2D eigenvalue weighted by Crippen LogP contribution is -2.15. The van der Waals surface area contributed by atoms with Gasteiger partial charge in [0.05, 0.1) is 24.0 Å². The van der Waals surface area contributed by atoms with Gasteiger partial charge in [0.1, 0.15) is 0 Å². The predicted octanol–water partition coefficient (Wildman–Crippen LogP) is 2.17. The SMILES string of the molecule is O=C(Cc1cnn(-c2ccccc2)c1)OCC(=O)c1ccc[nH]1. The lowest BCUT2D eigenvalue weighted by molar-refractivity contribution is -0.141. The molecule has 0 radical (unpaired) electrons. The number of H-pyrrole nitrogens is 1. The Morgan fingerprint density at radius 2 is 1.96 bits per heavy atom. The maximum atomic E-state index is 11.8. The minimum absolute atomic E-state index is 0.0742. The summed E-state index contributed by atoms with van der Waals surface area (Å²) in [4.78, 5) is 26.3. The van der Waals surface area contributed by atoms with Crippen molar-refractivity contribution in [2.75, 3.05) is 6.61 Å². The van der Waals surface area contributed by atoms with Gasteiger partial charge in [-0.1, -0.05) is 18.2 Å². The van der Waals surface area contributed by atoms with Gasteiger partial charge < -0.3 is 9.72 Å². The number of nitrogens with one attached hydrogen (secondary N) is 1. The third-order valence-corrected chi connectivity index (χ3v) is 3.27. The van der Waals surface area contributed by atoms with Gasteiger partial charge in [-0.05, 0) is 24.3 Å². The fourth-order valence-electron chi connectivity index (χ4n) is 2.12. The third kappa shape index (κ3) is 3.74. The van der Waals surface area contributed by atoms with Gasteiger partial charge >= 0.3 is 5.97 Å². The Morgan fingerprint density at radius 1 is 1.13 bits per heavy atom. The molecule has 0 aliphatic carbocycles. The molecule has 0 saturated carbocycles. The summed E-state index contributed by atoms with van der Waals surface area (Å²) >= 11 is 0. The highest BCUT2D eigenvalue weighted by molar-refractivity contribution is 5.96. The Balaban J connectivity index is 1.54. The highest BCUT2D eigenvalue weighted by Crippen LogP contribution is 2.08. The summed E-state index contributed by atoms with van der Waals surface area (Å²) in [5.74, 6) is -0.721. The van der Waals surface area contributed by atoms with E-state index in [1.165, 1.54) is 0 Å². The van der Waals surface area contributed by atoms with E-state index in [9.17, 15) is 9.59 Å². The molecule has 1 N–H and O–H groups in total. The van der Waals surface area contributed by atoms with E-state index in [1.807, 2.05) is 30.3 Å². The molecule has 3 rings (SSSR count). The summed E-state index contributed by atoms with van der Waals surface area (Å²) in [5, 5.41) is 4.21. The van der Waals surface area contributed by atoms with Crippen LogP contribution in [0.2, 0.25) is 0 Å². The number of esters is 1. The highest BCUT2D eigenvalue weighted by atomic mass is 16.5. The molecule has 6 heteroatoms. The minimum atomic E-state index is -0.461. The Kier molecular flexibility index (Phi) is 4.33. The van der Waals surface area contributed by atoms with E-state index < -0.39 is 5.97 Å². The van der Waals surface area contributed by atoms with E-state index in [0.29, 0.717) is 5.69 Å².